The summed E-state index contributed by atoms with van der Waals surface area (Å²) in [6.07, 6.45) is 7.37. The van der Waals surface area contributed by atoms with Crippen LogP contribution in [0.1, 0.15) is 60.3 Å². The van der Waals surface area contributed by atoms with Crippen molar-refractivity contribution in [2.75, 3.05) is 0 Å². The van der Waals surface area contributed by atoms with Crippen LogP contribution in [0.3, 0.4) is 0 Å². The third-order valence-electron chi connectivity index (χ3n) is 3.35. The molecule has 0 aromatic heterocycles. The van der Waals surface area contributed by atoms with Crippen LogP contribution < -0.4 is 0 Å². The SMILES string of the molecule is C.CCC1CCCCC1C(C)C. The van der Waals surface area contributed by atoms with Crippen LogP contribution in [-0.2, 0) is 0 Å². The van der Waals surface area contributed by atoms with Crippen molar-refractivity contribution in [3.63, 3.8) is 0 Å². The molecule has 2 unspecified atom stereocenters. The zero-order chi connectivity index (χ0) is 8.27. The van der Waals surface area contributed by atoms with E-state index in [1.165, 1.54) is 32.1 Å². The summed E-state index contributed by atoms with van der Waals surface area (Å²) in [6, 6.07) is 0. The normalized spacial score (nSPS) is 30.0. The molecule has 0 heterocycles. The van der Waals surface area contributed by atoms with E-state index in [1.807, 2.05) is 0 Å². The summed E-state index contributed by atoms with van der Waals surface area (Å²) in [5, 5.41) is 0. The molecular weight excluding hydrogens is 144 g/mol. The predicted molar refractivity (Wildman–Crippen MR) is 57.3 cm³/mol. The molecule has 1 aliphatic rings. The Labute approximate surface area is 78.8 Å². The first-order chi connectivity index (χ1) is 5.25. The Morgan fingerprint density at radius 1 is 1.17 bits per heavy atom. The zero-order valence-electron chi connectivity index (χ0n) is 8.27. The van der Waals surface area contributed by atoms with Gasteiger partial charge in [0.2, 0.25) is 0 Å². The molecule has 0 bridgehead atoms. The van der Waals surface area contributed by atoms with Gasteiger partial charge in [0.1, 0.15) is 0 Å². The lowest BCUT2D eigenvalue weighted by Gasteiger charge is -2.33. The van der Waals surface area contributed by atoms with Gasteiger partial charge in [-0.25, -0.2) is 0 Å². The smallest absolute Gasteiger partial charge is 0.0363 e. The standard InChI is InChI=1S/C11H22.CH4/c1-4-10-7-5-6-8-11(10)9(2)3;/h9-11H,4-8H2,1-3H3;1H4. The lowest BCUT2D eigenvalue weighted by molar-refractivity contribution is 0.175. The largest absolute Gasteiger partial charge is 0.0776 e. The van der Waals surface area contributed by atoms with Gasteiger partial charge in [0, 0.05) is 0 Å². The average molecular weight is 170 g/mol. The molecular formula is C12H26. The summed E-state index contributed by atoms with van der Waals surface area (Å²) in [7, 11) is 0. The van der Waals surface area contributed by atoms with Gasteiger partial charge in [0.05, 0.1) is 0 Å². The second kappa shape index (κ2) is 5.61. The fraction of sp³-hybridized carbons (Fsp3) is 1.00. The molecule has 0 radical (unpaired) electrons. The first-order valence-electron chi connectivity index (χ1n) is 5.25. The van der Waals surface area contributed by atoms with Gasteiger partial charge >= 0.3 is 0 Å². The Morgan fingerprint density at radius 2 is 1.75 bits per heavy atom. The van der Waals surface area contributed by atoms with Crippen molar-refractivity contribution in [3.05, 3.63) is 0 Å². The fourth-order valence-corrected chi connectivity index (χ4v) is 2.62. The summed E-state index contributed by atoms with van der Waals surface area (Å²) in [5.74, 6) is 3.00. The second-order valence-electron chi connectivity index (χ2n) is 4.36. The minimum Gasteiger partial charge on any atom is -0.0776 e. The molecule has 1 fully saturated rings. The highest BCUT2D eigenvalue weighted by Gasteiger charge is 2.25. The summed E-state index contributed by atoms with van der Waals surface area (Å²) in [5.41, 5.74) is 0. The molecule has 74 valence electrons. The van der Waals surface area contributed by atoms with E-state index in [2.05, 4.69) is 20.8 Å². The highest BCUT2D eigenvalue weighted by atomic mass is 14.3. The first-order valence-corrected chi connectivity index (χ1v) is 5.25. The van der Waals surface area contributed by atoms with Crippen molar-refractivity contribution in [1.82, 2.24) is 0 Å². The van der Waals surface area contributed by atoms with Gasteiger partial charge in [-0.2, -0.15) is 0 Å². The highest BCUT2D eigenvalue weighted by molar-refractivity contribution is 4.76. The van der Waals surface area contributed by atoms with Crippen LogP contribution in [0.5, 0.6) is 0 Å². The van der Waals surface area contributed by atoms with Crippen LogP contribution in [0.2, 0.25) is 0 Å². The van der Waals surface area contributed by atoms with Gasteiger partial charge in [-0.3, -0.25) is 0 Å². The monoisotopic (exact) mass is 170 g/mol. The van der Waals surface area contributed by atoms with E-state index in [9.17, 15) is 0 Å². The van der Waals surface area contributed by atoms with Gasteiger partial charge in [0.25, 0.3) is 0 Å². The summed E-state index contributed by atoms with van der Waals surface area (Å²) < 4.78 is 0. The summed E-state index contributed by atoms with van der Waals surface area (Å²) in [4.78, 5) is 0. The molecule has 0 nitrogen and oxygen atoms in total. The first kappa shape index (κ1) is 12.0. The maximum Gasteiger partial charge on any atom is -0.0363 e. The molecule has 0 aromatic rings. The Hall–Kier alpha value is 0. The van der Waals surface area contributed by atoms with Gasteiger partial charge in [-0.05, 0) is 24.2 Å². The Balaban J connectivity index is 0.00000121. The predicted octanol–water partition coefficient (Wildman–Crippen LogP) is 4.49. The van der Waals surface area contributed by atoms with E-state index in [4.69, 9.17) is 0 Å². The van der Waals surface area contributed by atoms with Gasteiger partial charge in [0.15, 0.2) is 0 Å². The van der Waals surface area contributed by atoms with E-state index in [0.717, 1.165) is 17.8 Å². The van der Waals surface area contributed by atoms with Crippen LogP contribution in [-0.4, -0.2) is 0 Å². The van der Waals surface area contributed by atoms with Gasteiger partial charge < -0.3 is 0 Å². The van der Waals surface area contributed by atoms with Crippen molar-refractivity contribution in [1.29, 1.82) is 0 Å². The maximum absolute atomic E-state index is 2.39. The minimum absolute atomic E-state index is 0. The maximum atomic E-state index is 2.39. The van der Waals surface area contributed by atoms with E-state index in [0.29, 0.717) is 0 Å². The van der Waals surface area contributed by atoms with Crippen LogP contribution in [0, 0.1) is 17.8 Å². The second-order valence-corrected chi connectivity index (χ2v) is 4.36. The fourth-order valence-electron chi connectivity index (χ4n) is 2.62. The molecule has 1 aliphatic carbocycles. The Kier molecular flexibility index (Phi) is 5.61. The number of rotatable bonds is 2. The van der Waals surface area contributed by atoms with Crippen LogP contribution >= 0.6 is 0 Å². The Bertz CT molecular complexity index is 105. The number of hydrogen-bond donors (Lipinski definition) is 0. The Morgan fingerprint density at radius 3 is 2.17 bits per heavy atom. The van der Waals surface area contributed by atoms with Crippen LogP contribution in [0.4, 0.5) is 0 Å². The third-order valence-corrected chi connectivity index (χ3v) is 3.35. The molecule has 0 aromatic carbocycles. The van der Waals surface area contributed by atoms with Crippen LogP contribution in [0.25, 0.3) is 0 Å². The van der Waals surface area contributed by atoms with Gasteiger partial charge in [-0.1, -0.05) is 53.9 Å². The topological polar surface area (TPSA) is 0 Å². The molecule has 12 heavy (non-hydrogen) atoms. The molecule has 0 spiro atoms. The molecule has 0 heteroatoms. The lowest BCUT2D eigenvalue weighted by atomic mass is 9.72. The molecule has 0 amide bonds. The third kappa shape index (κ3) is 2.80. The minimum atomic E-state index is 0. The number of hydrogen-bond acceptors (Lipinski definition) is 0. The van der Waals surface area contributed by atoms with E-state index < -0.39 is 0 Å². The molecule has 1 saturated carbocycles. The van der Waals surface area contributed by atoms with Crippen molar-refractivity contribution < 1.29 is 0 Å². The average Bonchev–Trinajstić information content (AvgIpc) is 2.04. The highest BCUT2D eigenvalue weighted by Crippen LogP contribution is 2.36. The molecule has 0 saturated heterocycles. The summed E-state index contributed by atoms with van der Waals surface area (Å²) in [6.45, 7) is 7.13. The molecule has 0 N–H and O–H groups in total. The van der Waals surface area contributed by atoms with Crippen molar-refractivity contribution >= 4 is 0 Å². The quantitative estimate of drug-likeness (QED) is 0.572. The van der Waals surface area contributed by atoms with E-state index >= 15 is 0 Å². The van der Waals surface area contributed by atoms with Crippen molar-refractivity contribution in [2.24, 2.45) is 17.8 Å². The lowest BCUT2D eigenvalue weighted by Crippen LogP contribution is -2.23. The van der Waals surface area contributed by atoms with E-state index in [1.54, 1.807) is 0 Å². The van der Waals surface area contributed by atoms with E-state index in [-0.39, 0.29) is 7.43 Å². The zero-order valence-corrected chi connectivity index (χ0v) is 8.27. The molecule has 2 atom stereocenters. The molecule has 0 aliphatic heterocycles. The molecule has 1 rings (SSSR count). The van der Waals surface area contributed by atoms with Crippen LogP contribution in [0.15, 0.2) is 0 Å². The summed E-state index contributed by atoms with van der Waals surface area (Å²) >= 11 is 0. The van der Waals surface area contributed by atoms with Crippen molar-refractivity contribution in [2.45, 2.75) is 60.3 Å². The van der Waals surface area contributed by atoms with Gasteiger partial charge in [-0.15, -0.1) is 0 Å². The van der Waals surface area contributed by atoms with Crippen molar-refractivity contribution in [3.8, 4) is 0 Å².